The maximum atomic E-state index is 12.9. The Morgan fingerprint density at radius 1 is 1.44 bits per heavy atom. The number of aryl methyl sites for hydroxylation is 1. The van der Waals surface area contributed by atoms with Crippen molar-refractivity contribution in [2.24, 2.45) is 11.3 Å². The van der Waals surface area contributed by atoms with Gasteiger partial charge in [-0.3, -0.25) is 9.78 Å². The highest BCUT2D eigenvalue weighted by atomic mass is 32.2. The number of sulfonamides is 1. The standard InChI is InChI=1S/C17H25N3O4S/c1-13-4-6-18-8-15(13)16(21)19-7-5-17(12-24-2)11-20(25(3,22)23)10-14(17)9-19/h4,6,8,14H,5,7,9-12H2,1-3H3/t14-,17+/m1/s1. The van der Waals surface area contributed by atoms with Crippen LogP contribution in [0.15, 0.2) is 18.5 Å². The maximum absolute atomic E-state index is 12.9. The van der Waals surface area contributed by atoms with E-state index in [0.29, 0.717) is 38.3 Å². The maximum Gasteiger partial charge on any atom is 0.255 e. The Hall–Kier alpha value is -1.51. The Bertz CT molecular complexity index is 767. The first-order valence-corrected chi connectivity index (χ1v) is 10.3. The van der Waals surface area contributed by atoms with Gasteiger partial charge >= 0.3 is 0 Å². The first-order chi connectivity index (χ1) is 11.8. The number of amides is 1. The van der Waals surface area contributed by atoms with Gasteiger partial charge in [-0.05, 0) is 30.9 Å². The Balaban J connectivity index is 1.82. The van der Waals surface area contributed by atoms with Crippen molar-refractivity contribution in [3.05, 3.63) is 29.6 Å². The fourth-order valence-electron chi connectivity index (χ4n) is 4.05. The smallest absolute Gasteiger partial charge is 0.255 e. The quantitative estimate of drug-likeness (QED) is 0.785. The molecule has 2 aliphatic rings. The zero-order valence-corrected chi connectivity index (χ0v) is 15.8. The summed E-state index contributed by atoms with van der Waals surface area (Å²) in [4.78, 5) is 18.8. The second kappa shape index (κ2) is 6.66. The molecule has 0 unspecified atom stereocenters. The molecule has 2 atom stereocenters. The van der Waals surface area contributed by atoms with E-state index in [2.05, 4.69) is 4.98 Å². The third-order valence-electron chi connectivity index (χ3n) is 5.56. The Morgan fingerprint density at radius 2 is 2.20 bits per heavy atom. The van der Waals surface area contributed by atoms with Crippen LogP contribution < -0.4 is 0 Å². The van der Waals surface area contributed by atoms with E-state index in [1.165, 1.54) is 10.6 Å². The van der Waals surface area contributed by atoms with Crippen LogP contribution >= 0.6 is 0 Å². The molecule has 0 aromatic carbocycles. The van der Waals surface area contributed by atoms with Crippen LogP contribution in [0.25, 0.3) is 0 Å². The first-order valence-electron chi connectivity index (χ1n) is 8.41. The van der Waals surface area contributed by atoms with E-state index in [9.17, 15) is 13.2 Å². The van der Waals surface area contributed by atoms with E-state index in [1.807, 2.05) is 17.9 Å². The number of rotatable bonds is 4. The molecule has 8 heteroatoms. The lowest BCUT2D eigenvalue weighted by Crippen LogP contribution is -2.51. The summed E-state index contributed by atoms with van der Waals surface area (Å²) >= 11 is 0. The van der Waals surface area contributed by atoms with Crippen molar-refractivity contribution < 1.29 is 17.9 Å². The van der Waals surface area contributed by atoms with Crippen LogP contribution in [0, 0.1) is 18.3 Å². The number of hydrogen-bond acceptors (Lipinski definition) is 5. The third-order valence-corrected chi connectivity index (χ3v) is 6.78. The fraction of sp³-hybridized carbons (Fsp3) is 0.647. The molecule has 0 saturated carbocycles. The molecule has 0 aliphatic carbocycles. The van der Waals surface area contributed by atoms with Gasteiger partial charge in [-0.2, -0.15) is 0 Å². The van der Waals surface area contributed by atoms with Gasteiger partial charge in [0, 0.05) is 51.1 Å². The summed E-state index contributed by atoms with van der Waals surface area (Å²) in [6.45, 7) is 4.47. The van der Waals surface area contributed by atoms with Gasteiger partial charge in [0.2, 0.25) is 10.0 Å². The zero-order valence-electron chi connectivity index (χ0n) is 14.9. The number of pyridine rings is 1. The first kappa shape index (κ1) is 18.3. The summed E-state index contributed by atoms with van der Waals surface area (Å²) in [5, 5.41) is 0. The van der Waals surface area contributed by atoms with Crippen LogP contribution in [-0.4, -0.2) is 74.7 Å². The van der Waals surface area contributed by atoms with Crippen LogP contribution in [-0.2, 0) is 14.8 Å². The molecule has 1 amide bonds. The average molecular weight is 367 g/mol. The summed E-state index contributed by atoms with van der Waals surface area (Å²) in [5.41, 5.74) is 1.30. The molecule has 3 heterocycles. The number of methoxy groups -OCH3 is 1. The number of ether oxygens (including phenoxy) is 1. The minimum absolute atomic E-state index is 0.0329. The summed E-state index contributed by atoms with van der Waals surface area (Å²) in [5.74, 6) is 0.0475. The molecule has 0 spiro atoms. The molecule has 2 fully saturated rings. The minimum atomic E-state index is -3.25. The lowest BCUT2D eigenvalue weighted by molar-refractivity contribution is 0.00338. The van der Waals surface area contributed by atoms with Gasteiger partial charge in [0.1, 0.15) is 0 Å². The van der Waals surface area contributed by atoms with Crippen LogP contribution in [0.2, 0.25) is 0 Å². The number of aromatic nitrogens is 1. The van der Waals surface area contributed by atoms with Crippen LogP contribution in [0.3, 0.4) is 0 Å². The molecule has 7 nitrogen and oxygen atoms in total. The van der Waals surface area contributed by atoms with Crippen molar-refractivity contribution in [3.8, 4) is 0 Å². The SMILES string of the molecule is COC[C@@]12CCN(C(=O)c3cnccc3C)C[C@@H]1CN(S(C)(=O)=O)C2. The highest BCUT2D eigenvalue weighted by molar-refractivity contribution is 7.88. The summed E-state index contributed by atoms with van der Waals surface area (Å²) in [6.07, 6.45) is 5.26. The van der Waals surface area contributed by atoms with E-state index >= 15 is 0 Å². The third kappa shape index (κ3) is 3.43. The Morgan fingerprint density at radius 3 is 2.84 bits per heavy atom. The molecule has 2 saturated heterocycles. The minimum Gasteiger partial charge on any atom is -0.384 e. The fourth-order valence-corrected chi connectivity index (χ4v) is 4.99. The molecule has 25 heavy (non-hydrogen) atoms. The number of carbonyl (C=O) groups excluding carboxylic acids is 1. The van der Waals surface area contributed by atoms with Crippen LogP contribution in [0.4, 0.5) is 0 Å². The van der Waals surface area contributed by atoms with E-state index in [0.717, 1.165) is 12.0 Å². The zero-order chi connectivity index (χ0) is 18.2. The van der Waals surface area contributed by atoms with Crippen molar-refractivity contribution in [2.45, 2.75) is 13.3 Å². The van der Waals surface area contributed by atoms with Crippen LogP contribution in [0.1, 0.15) is 22.3 Å². The Labute approximate surface area is 149 Å². The molecule has 0 bridgehead atoms. The summed E-state index contributed by atoms with van der Waals surface area (Å²) < 4.78 is 30.9. The molecule has 0 N–H and O–H groups in total. The number of piperidine rings is 1. The van der Waals surface area contributed by atoms with Crippen molar-refractivity contribution in [3.63, 3.8) is 0 Å². The van der Waals surface area contributed by atoms with Gasteiger partial charge in [-0.15, -0.1) is 0 Å². The lowest BCUT2D eigenvalue weighted by Gasteiger charge is -2.43. The molecular weight excluding hydrogens is 342 g/mol. The highest BCUT2D eigenvalue weighted by Crippen LogP contribution is 2.44. The predicted octanol–water partition coefficient (Wildman–Crippen LogP) is 0.760. The molecule has 1 aromatic rings. The van der Waals surface area contributed by atoms with Crippen molar-refractivity contribution in [2.75, 3.05) is 46.2 Å². The van der Waals surface area contributed by atoms with Crippen molar-refractivity contribution in [1.29, 1.82) is 0 Å². The van der Waals surface area contributed by atoms with Crippen molar-refractivity contribution in [1.82, 2.24) is 14.2 Å². The van der Waals surface area contributed by atoms with Gasteiger partial charge < -0.3 is 9.64 Å². The highest BCUT2D eigenvalue weighted by Gasteiger charge is 2.52. The molecule has 138 valence electrons. The van der Waals surface area contributed by atoms with Gasteiger partial charge in [0.05, 0.1) is 18.4 Å². The van der Waals surface area contributed by atoms with Gasteiger partial charge in [-0.25, -0.2) is 12.7 Å². The molecule has 3 rings (SSSR count). The normalized spacial score (nSPS) is 27.3. The molecule has 2 aliphatic heterocycles. The predicted molar refractivity (Wildman–Crippen MR) is 93.7 cm³/mol. The number of hydrogen-bond donors (Lipinski definition) is 0. The topological polar surface area (TPSA) is 79.8 Å². The lowest BCUT2D eigenvalue weighted by atomic mass is 9.73. The largest absolute Gasteiger partial charge is 0.384 e. The van der Waals surface area contributed by atoms with Gasteiger partial charge in [0.15, 0.2) is 0 Å². The van der Waals surface area contributed by atoms with E-state index in [4.69, 9.17) is 4.74 Å². The molecule has 1 aromatic heterocycles. The van der Waals surface area contributed by atoms with Crippen molar-refractivity contribution >= 4 is 15.9 Å². The average Bonchev–Trinajstić information content (AvgIpc) is 2.94. The number of nitrogens with zero attached hydrogens (tertiary/aromatic N) is 3. The monoisotopic (exact) mass is 367 g/mol. The van der Waals surface area contributed by atoms with E-state index in [-0.39, 0.29) is 17.2 Å². The number of likely N-dealkylation sites (tertiary alicyclic amines) is 1. The van der Waals surface area contributed by atoms with Crippen LogP contribution in [0.5, 0.6) is 0 Å². The summed E-state index contributed by atoms with van der Waals surface area (Å²) in [7, 11) is -1.61. The van der Waals surface area contributed by atoms with Gasteiger partial charge in [0.25, 0.3) is 5.91 Å². The molecule has 0 radical (unpaired) electrons. The number of fused-ring (bicyclic) bond motifs is 1. The summed E-state index contributed by atoms with van der Waals surface area (Å²) in [6, 6.07) is 1.83. The Kier molecular flexibility index (Phi) is 4.87. The van der Waals surface area contributed by atoms with E-state index in [1.54, 1.807) is 19.5 Å². The van der Waals surface area contributed by atoms with E-state index < -0.39 is 10.0 Å². The second-order valence-corrected chi connectivity index (χ2v) is 9.22. The number of carbonyl (C=O) groups is 1. The molecular formula is C17H25N3O4S. The second-order valence-electron chi connectivity index (χ2n) is 7.24. The van der Waals surface area contributed by atoms with Gasteiger partial charge in [-0.1, -0.05) is 0 Å².